The first-order valence-corrected chi connectivity index (χ1v) is 5.56. The number of anilines is 1. The summed E-state index contributed by atoms with van der Waals surface area (Å²) in [6, 6.07) is 7.06. The van der Waals surface area contributed by atoms with E-state index in [1.807, 2.05) is 26.0 Å². The summed E-state index contributed by atoms with van der Waals surface area (Å²) in [6.45, 7) is 4.10. The zero-order chi connectivity index (χ0) is 13.1. The smallest absolute Gasteiger partial charge is 0.337 e. The maximum Gasteiger partial charge on any atom is 0.337 e. The van der Waals surface area contributed by atoms with Crippen molar-refractivity contribution in [2.24, 2.45) is 0 Å². The summed E-state index contributed by atoms with van der Waals surface area (Å²) < 4.78 is 5.05. The number of aromatic nitrogens is 1. The Morgan fingerprint density at radius 3 is 2.78 bits per heavy atom. The van der Waals surface area contributed by atoms with Gasteiger partial charge in [0, 0.05) is 11.8 Å². The first-order chi connectivity index (χ1) is 8.56. The van der Waals surface area contributed by atoms with Crippen molar-refractivity contribution in [1.29, 1.82) is 0 Å². The summed E-state index contributed by atoms with van der Waals surface area (Å²) in [5, 5.41) is 15.9. The standard InChI is InChI=1S/C13H14N2O3/c1-8-3-4-12(11(5-8)13(16)17)14-7-10-6-9(2)15-18-10/h3-6,14H,7H2,1-2H3,(H,16,17). The van der Waals surface area contributed by atoms with Crippen LogP contribution in [-0.2, 0) is 6.54 Å². The van der Waals surface area contributed by atoms with Crippen molar-refractivity contribution in [3.63, 3.8) is 0 Å². The molecule has 0 amide bonds. The van der Waals surface area contributed by atoms with Gasteiger partial charge in [-0.2, -0.15) is 0 Å². The topological polar surface area (TPSA) is 75.4 Å². The first-order valence-electron chi connectivity index (χ1n) is 5.56. The van der Waals surface area contributed by atoms with Gasteiger partial charge in [0.05, 0.1) is 17.8 Å². The molecule has 0 spiro atoms. The van der Waals surface area contributed by atoms with Crippen molar-refractivity contribution in [2.45, 2.75) is 20.4 Å². The molecular formula is C13H14N2O3. The zero-order valence-electron chi connectivity index (χ0n) is 10.2. The first kappa shape index (κ1) is 12.2. The number of hydrogen-bond donors (Lipinski definition) is 2. The minimum absolute atomic E-state index is 0.256. The fourth-order valence-electron chi connectivity index (χ4n) is 1.67. The van der Waals surface area contributed by atoms with E-state index >= 15 is 0 Å². The number of nitrogens with zero attached hydrogens (tertiary/aromatic N) is 1. The maximum absolute atomic E-state index is 11.1. The molecule has 0 aliphatic carbocycles. The van der Waals surface area contributed by atoms with Crippen LogP contribution in [0.3, 0.4) is 0 Å². The summed E-state index contributed by atoms with van der Waals surface area (Å²) in [5.74, 6) is -0.278. The highest BCUT2D eigenvalue weighted by Gasteiger charge is 2.10. The van der Waals surface area contributed by atoms with Crippen molar-refractivity contribution in [3.05, 3.63) is 46.8 Å². The van der Waals surface area contributed by atoms with Crippen LogP contribution >= 0.6 is 0 Å². The molecule has 2 N–H and O–H groups in total. The van der Waals surface area contributed by atoms with Crippen LogP contribution in [0.1, 0.15) is 27.4 Å². The Morgan fingerprint density at radius 1 is 1.39 bits per heavy atom. The largest absolute Gasteiger partial charge is 0.478 e. The Kier molecular flexibility index (Phi) is 3.32. The molecule has 94 valence electrons. The molecule has 1 heterocycles. The normalized spacial score (nSPS) is 10.3. The predicted molar refractivity (Wildman–Crippen MR) is 66.7 cm³/mol. The number of hydrogen-bond acceptors (Lipinski definition) is 4. The van der Waals surface area contributed by atoms with Crippen molar-refractivity contribution in [2.75, 3.05) is 5.32 Å². The second kappa shape index (κ2) is 4.91. The second-order valence-electron chi connectivity index (χ2n) is 4.14. The summed E-state index contributed by atoms with van der Waals surface area (Å²) in [5.41, 5.74) is 2.54. The molecule has 5 nitrogen and oxygen atoms in total. The van der Waals surface area contributed by atoms with Crippen molar-refractivity contribution < 1.29 is 14.4 Å². The number of carboxylic acid groups (broad SMARTS) is 1. The van der Waals surface area contributed by atoms with Gasteiger partial charge in [-0.1, -0.05) is 16.8 Å². The number of rotatable bonds is 4. The molecule has 1 aromatic heterocycles. The third-order valence-corrected chi connectivity index (χ3v) is 2.54. The third-order valence-electron chi connectivity index (χ3n) is 2.54. The molecule has 0 unspecified atom stereocenters. The van der Waals surface area contributed by atoms with Crippen LogP contribution in [0.15, 0.2) is 28.8 Å². The molecule has 0 radical (unpaired) electrons. The molecule has 0 aliphatic heterocycles. The minimum atomic E-state index is -0.949. The van der Waals surface area contributed by atoms with Gasteiger partial charge < -0.3 is 14.9 Å². The van der Waals surface area contributed by atoms with Gasteiger partial charge in [0.25, 0.3) is 0 Å². The van der Waals surface area contributed by atoms with Crippen LogP contribution in [-0.4, -0.2) is 16.2 Å². The quantitative estimate of drug-likeness (QED) is 0.867. The number of carboxylic acids is 1. The fourth-order valence-corrected chi connectivity index (χ4v) is 1.67. The molecule has 0 bridgehead atoms. The van der Waals surface area contributed by atoms with Crippen LogP contribution < -0.4 is 5.32 Å². The minimum Gasteiger partial charge on any atom is -0.478 e. The Morgan fingerprint density at radius 2 is 2.17 bits per heavy atom. The van der Waals surface area contributed by atoms with E-state index in [-0.39, 0.29) is 5.56 Å². The summed E-state index contributed by atoms with van der Waals surface area (Å²) >= 11 is 0. The fraction of sp³-hybridized carbons (Fsp3) is 0.231. The molecule has 0 saturated heterocycles. The second-order valence-corrected chi connectivity index (χ2v) is 4.14. The number of aromatic carboxylic acids is 1. The molecule has 5 heteroatoms. The van der Waals surface area contributed by atoms with E-state index in [1.165, 1.54) is 0 Å². The summed E-state index contributed by atoms with van der Waals surface area (Å²) in [6.07, 6.45) is 0. The zero-order valence-corrected chi connectivity index (χ0v) is 10.2. The van der Waals surface area contributed by atoms with E-state index in [0.717, 1.165) is 11.3 Å². The SMILES string of the molecule is Cc1ccc(NCc2cc(C)no2)c(C(=O)O)c1. The van der Waals surface area contributed by atoms with Gasteiger partial charge in [0.2, 0.25) is 0 Å². The number of aryl methyl sites for hydroxylation is 2. The van der Waals surface area contributed by atoms with E-state index in [2.05, 4.69) is 10.5 Å². The predicted octanol–water partition coefficient (Wildman–Crippen LogP) is 2.60. The molecule has 0 aliphatic rings. The molecule has 2 rings (SSSR count). The highest BCUT2D eigenvalue weighted by molar-refractivity contribution is 5.94. The molecule has 0 saturated carbocycles. The number of benzene rings is 1. The Bertz CT molecular complexity index is 575. The Labute approximate surface area is 104 Å². The summed E-state index contributed by atoms with van der Waals surface area (Å²) in [4.78, 5) is 11.1. The summed E-state index contributed by atoms with van der Waals surface area (Å²) in [7, 11) is 0. The highest BCUT2D eigenvalue weighted by Crippen LogP contribution is 2.18. The van der Waals surface area contributed by atoms with Gasteiger partial charge in [-0.25, -0.2) is 4.79 Å². The lowest BCUT2D eigenvalue weighted by molar-refractivity contribution is 0.0698. The molecule has 0 fully saturated rings. The third kappa shape index (κ3) is 2.68. The van der Waals surface area contributed by atoms with Crippen LogP contribution in [0.2, 0.25) is 0 Å². The van der Waals surface area contributed by atoms with E-state index in [1.54, 1.807) is 12.1 Å². The van der Waals surface area contributed by atoms with Gasteiger partial charge in [-0.3, -0.25) is 0 Å². The van der Waals surface area contributed by atoms with Gasteiger partial charge in [0.15, 0.2) is 5.76 Å². The molecule has 1 aromatic carbocycles. The average molecular weight is 246 g/mol. The van der Waals surface area contributed by atoms with Gasteiger partial charge in [-0.05, 0) is 26.0 Å². The lowest BCUT2D eigenvalue weighted by Crippen LogP contribution is -2.06. The number of carbonyl (C=O) groups is 1. The Hall–Kier alpha value is -2.30. The highest BCUT2D eigenvalue weighted by atomic mass is 16.5. The van der Waals surface area contributed by atoms with Crippen LogP contribution in [0.4, 0.5) is 5.69 Å². The maximum atomic E-state index is 11.1. The number of nitrogens with one attached hydrogen (secondary N) is 1. The van der Waals surface area contributed by atoms with Crippen LogP contribution in [0.5, 0.6) is 0 Å². The lowest BCUT2D eigenvalue weighted by Gasteiger charge is -2.08. The van der Waals surface area contributed by atoms with E-state index in [0.29, 0.717) is 18.0 Å². The molecule has 18 heavy (non-hydrogen) atoms. The van der Waals surface area contributed by atoms with Gasteiger partial charge in [0.1, 0.15) is 0 Å². The van der Waals surface area contributed by atoms with E-state index in [4.69, 9.17) is 9.63 Å². The van der Waals surface area contributed by atoms with Crippen LogP contribution in [0.25, 0.3) is 0 Å². The molecule has 2 aromatic rings. The van der Waals surface area contributed by atoms with Crippen molar-refractivity contribution in [3.8, 4) is 0 Å². The van der Waals surface area contributed by atoms with Gasteiger partial charge in [-0.15, -0.1) is 0 Å². The monoisotopic (exact) mass is 246 g/mol. The van der Waals surface area contributed by atoms with Crippen molar-refractivity contribution >= 4 is 11.7 Å². The van der Waals surface area contributed by atoms with Crippen LogP contribution in [0, 0.1) is 13.8 Å². The van der Waals surface area contributed by atoms with Crippen molar-refractivity contribution in [1.82, 2.24) is 5.16 Å². The average Bonchev–Trinajstić information content (AvgIpc) is 2.73. The lowest BCUT2D eigenvalue weighted by atomic mass is 10.1. The molecule has 0 atom stereocenters. The van der Waals surface area contributed by atoms with E-state index < -0.39 is 5.97 Å². The molecular weight excluding hydrogens is 232 g/mol. The Balaban J connectivity index is 2.16. The van der Waals surface area contributed by atoms with Gasteiger partial charge >= 0.3 is 5.97 Å². The van der Waals surface area contributed by atoms with E-state index in [9.17, 15) is 4.79 Å².